The Bertz CT molecular complexity index is 1060. The smallest absolute Gasteiger partial charge is 0.186 e. The second kappa shape index (κ2) is 6.44. The second-order valence-electron chi connectivity index (χ2n) is 6.23. The van der Waals surface area contributed by atoms with E-state index in [2.05, 4.69) is 50.4 Å². The van der Waals surface area contributed by atoms with Gasteiger partial charge >= 0.3 is 0 Å². The topological polar surface area (TPSA) is 49.6 Å². The average molecular weight is 383 g/mol. The van der Waals surface area contributed by atoms with Gasteiger partial charge in [-0.3, -0.25) is 0 Å². The molecule has 1 fully saturated rings. The molecule has 3 aromatic heterocycles. The Labute approximate surface area is 159 Å². The van der Waals surface area contributed by atoms with Crippen LogP contribution in [0, 0.1) is 0 Å². The summed E-state index contributed by atoms with van der Waals surface area (Å²) in [6.45, 7) is 3.80. The predicted octanol–water partition coefficient (Wildman–Crippen LogP) is 3.39. The molecule has 1 aliphatic heterocycles. The minimum Gasteiger partial charge on any atom is -0.352 e. The first kappa shape index (κ1) is 15.9. The summed E-state index contributed by atoms with van der Waals surface area (Å²) in [7, 11) is 0. The fourth-order valence-electron chi connectivity index (χ4n) is 3.26. The van der Waals surface area contributed by atoms with Gasteiger partial charge in [0.2, 0.25) is 0 Å². The molecule has 0 amide bonds. The minimum absolute atomic E-state index is 0.881. The number of thioether (sulfide) groups is 1. The molecule has 0 atom stereocenters. The van der Waals surface area contributed by atoms with Crippen LogP contribution in [0.4, 0.5) is 10.9 Å². The SMILES string of the molecule is CSc1ccc2nc(N3CCN(c4ccc5nccn5n4)CC3)sc2c1. The molecule has 1 aliphatic rings. The lowest BCUT2D eigenvalue weighted by Crippen LogP contribution is -2.46. The fourth-order valence-corrected chi connectivity index (χ4v) is 4.83. The number of fused-ring (bicyclic) bond motifs is 2. The lowest BCUT2D eigenvalue weighted by molar-refractivity contribution is 0.641. The van der Waals surface area contributed by atoms with Gasteiger partial charge in [0.25, 0.3) is 0 Å². The minimum atomic E-state index is 0.881. The molecule has 8 heteroatoms. The van der Waals surface area contributed by atoms with E-state index in [1.54, 1.807) is 29.3 Å². The van der Waals surface area contributed by atoms with Crippen molar-refractivity contribution in [3.63, 3.8) is 0 Å². The normalized spacial score (nSPS) is 15.3. The molecule has 0 aliphatic carbocycles. The van der Waals surface area contributed by atoms with Crippen LogP contribution < -0.4 is 9.80 Å². The zero-order chi connectivity index (χ0) is 17.5. The van der Waals surface area contributed by atoms with E-state index in [9.17, 15) is 0 Å². The summed E-state index contributed by atoms with van der Waals surface area (Å²) in [5.41, 5.74) is 1.98. The van der Waals surface area contributed by atoms with E-state index in [1.807, 2.05) is 16.8 Å². The molecule has 26 heavy (non-hydrogen) atoms. The maximum atomic E-state index is 4.83. The number of hydrogen-bond acceptors (Lipinski definition) is 7. The third kappa shape index (κ3) is 2.79. The van der Waals surface area contributed by atoms with Crippen molar-refractivity contribution >= 4 is 49.9 Å². The number of benzene rings is 1. The molecular formula is C18H18N6S2. The van der Waals surface area contributed by atoms with Crippen molar-refractivity contribution in [1.29, 1.82) is 0 Å². The Kier molecular flexibility index (Phi) is 3.94. The number of rotatable bonds is 3. The van der Waals surface area contributed by atoms with Crippen molar-refractivity contribution in [3.8, 4) is 0 Å². The van der Waals surface area contributed by atoms with Crippen LogP contribution in [0.1, 0.15) is 0 Å². The number of piperazine rings is 1. The molecule has 0 saturated carbocycles. The van der Waals surface area contributed by atoms with Gasteiger partial charge in [-0.1, -0.05) is 11.3 Å². The van der Waals surface area contributed by atoms with Crippen molar-refractivity contribution in [2.45, 2.75) is 4.90 Å². The molecule has 0 unspecified atom stereocenters. The highest BCUT2D eigenvalue weighted by Gasteiger charge is 2.21. The maximum Gasteiger partial charge on any atom is 0.186 e. The number of imidazole rings is 1. The van der Waals surface area contributed by atoms with Crippen molar-refractivity contribution in [2.75, 3.05) is 42.2 Å². The Morgan fingerprint density at radius 2 is 1.88 bits per heavy atom. The van der Waals surface area contributed by atoms with Gasteiger partial charge < -0.3 is 9.80 Å². The highest BCUT2D eigenvalue weighted by molar-refractivity contribution is 7.98. The zero-order valence-corrected chi connectivity index (χ0v) is 16.0. The summed E-state index contributed by atoms with van der Waals surface area (Å²) in [6.07, 6.45) is 5.77. The van der Waals surface area contributed by atoms with Gasteiger partial charge in [-0.2, -0.15) is 0 Å². The number of hydrogen-bond donors (Lipinski definition) is 0. The lowest BCUT2D eigenvalue weighted by atomic mass is 10.3. The molecular weight excluding hydrogens is 364 g/mol. The molecule has 0 N–H and O–H groups in total. The van der Waals surface area contributed by atoms with E-state index in [0.717, 1.165) is 48.3 Å². The summed E-state index contributed by atoms with van der Waals surface area (Å²) in [5.74, 6) is 1.00. The first-order valence-corrected chi connectivity index (χ1v) is 10.6. The van der Waals surface area contributed by atoms with Crippen molar-refractivity contribution in [3.05, 3.63) is 42.7 Å². The van der Waals surface area contributed by atoms with Crippen molar-refractivity contribution in [1.82, 2.24) is 19.6 Å². The van der Waals surface area contributed by atoms with Crippen LogP contribution in [0.25, 0.3) is 15.9 Å². The highest BCUT2D eigenvalue weighted by Crippen LogP contribution is 2.32. The fraction of sp³-hybridized carbons (Fsp3) is 0.278. The predicted molar refractivity (Wildman–Crippen MR) is 109 cm³/mol. The van der Waals surface area contributed by atoms with Crippen molar-refractivity contribution in [2.24, 2.45) is 0 Å². The second-order valence-corrected chi connectivity index (χ2v) is 8.11. The maximum absolute atomic E-state index is 4.83. The first-order valence-electron chi connectivity index (χ1n) is 8.55. The van der Waals surface area contributed by atoms with E-state index >= 15 is 0 Å². The number of thiazole rings is 1. The molecule has 0 bridgehead atoms. The van der Waals surface area contributed by atoms with Gasteiger partial charge in [0.15, 0.2) is 10.8 Å². The molecule has 0 spiro atoms. The molecule has 4 heterocycles. The highest BCUT2D eigenvalue weighted by atomic mass is 32.2. The van der Waals surface area contributed by atoms with Crippen LogP contribution in [0.3, 0.4) is 0 Å². The Balaban J connectivity index is 1.33. The van der Waals surface area contributed by atoms with E-state index in [1.165, 1.54) is 9.60 Å². The van der Waals surface area contributed by atoms with Crippen LogP contribution in [-0.2, 0) is 0 Å². The molecule has 5 rings (SSSR count). The van der Waals surface area contributed by atoms with Crippen LogP contribution in [0.15, 0.2) is 47.6 Å². The first-order chi connectivity index (χ1) is 12.8. The molecule has 1 saturated heterocycles. The van der Waals surface area contributed by atoms with Gasteiger partial charge in [0, 0.05) is 43.5 Å². The Morgan fingerprint density at radius 1 is 1.04 bits per heavy atom. The van der Waals surface area contributed by atoms with Crippen LogP contribution >= 0.6 is 23.1 Å². The van der Waals surface area contributed by atoms with Gasteiger partial charge in [-0.05, 0) is 36.6 Å². The summed E-state index contributed by atoms with van der Waals surface area (Å²) >= 11 is 3.56. The number of nitrogens with zero attached hydrogens (tertiary/aromatic N) is 6. The molecule has 4 aromatic rings. The third-order valence-electron chi connectivity index (χ3n) is 4.70. The van der Waals surface area contributed by atoms with E-state index in [0.29, 0.717) is 0 Å². The Hall–Kier alpha value is -2.32. The van der Waals surface area contributed by atoms with Gasteiger partial charge in [0.1, 0.15) is 5.82 Å². The summed E-state index contributed by atoms with van der Waals surface area (Å²) in [5, 5.41) is 5.78. The number of aromatic nitrogens is 4. The van der Waals surface area contributed by atoms with Crippen LogP contribution in [-0.4, -0.2) is 52.0 Å². The zero-order valence-electron chi connectivity index (χ0n) is 14.4. The summed E-state index contributed by atoms with van der Waals surface area (Å²) in [4.78, 5) is 15.1. The van der Waals surface area contributed by atoms with E-state index in [-0.39, 0.29) is 0 Å². The summed E-state index contributed by atoms with van der Waals surface area (Å²) < 4.78 is 3.10. The largest absolute Gasteiger partial charge is 0.352 e. The molecule has 1 aromatic carbocycles. The van der Waals surface area contributed by atoms with Gasteiger partial charge in [-0.25, -0.2) is 14.5 Å². The molecule has 0 radical (unpaired) electrons. The average Bonchev–Trinajstić information content (AvgIpc) is 3.33. The molecule has 6 nitrogen and oxygen atoms in total. The Morgan fingerprint density at radius 3 is 2.73 bits per heavy atom. The van der Waals surface area contributed by atoms with E-state index in [4.69, 9.17) is 4.98 Å². The number of anilines is 2. The van der Waals surface area contributed by atoms with Crippen LogP contribution in [0.2, 0.25) is 0 Å². The molecule has 132 valence electrons. The monoisotopic (exact) mass is 382 g/mol. The standard InChI is InChI=1S/C18H18N6S2/c1-25-13-2-3-14-15(12-13)26-18(20-14)23-10-8-22(9-11-23)17-5-4-16-19-6-7-24(16)21-17/h2-7,12H,8-11H2,1H3. The van der Waals surface area contributed by atoms with Crippen LogP contribution in [0.5, 0.6) is 0 Å². The van der Waals surface area contributed by atoms with Gasteiger partial charge in [0.05, 0.1) is 10.2 Å². The van der Waals surface area contributed by atoms with Gasteiger partial charge in [-0.15, -0.1) is 16.9 Å². The van der Waals surface area contributed by atoms with Crippen molar-refractivity contribution < 1.29 is 0 Å². The third-order valence-corrected chi connectivity index (χ3v) is 6.50. The lowest BCUT2D eigenvalue weighted by Gasteiger charge is -2.35. The summed E-state index contributed by atoms with van der Waals surface area (Å²) in [6, 6.07) is 10.6. The van der Waals surface area contributed by atoms with E-state index < -0.39 is 0 Å². The quantitative estimate of drug-likeness (QED) is 0.506.